The maximum Gasteiger partial charge on any atom is 0.316 e. The smallest absolute Gasteiger partial charge is 0.316 e. The zero-order chi connectivity index (χ0) is 13.8. The van der Waals surface area contributed by atoms with E-state index in [1.54, 1.807) is 18.6 Å². The predicted molar refractivity (Wildman–Crippen MR) is 72.8 cm³/mol. The quantitative estimate of drug-likeness (QED) is 0.763. The summed E-state index contributed by atoms with van der Waals surface area (Å²) in [6.07, 6.45) is 5.15. The zero-order valence-electron chi connectivity index (χ0n) is 11.0. The predicted octanol–water partition coefficient (Wildman–Crippen LogP) is 1.96. The van der Waals surface area contributed by atoms with Crippen LogP contribution in [0.2, 0.25) is 0 Å². The molecule has 3 heterocycles. The maximum absolute atomic E-state index is 5.55. The summed E-state index contributed by atoms with van der Waals surface area (Å²) in [5.41, 5.74) is 1.91. The van der Waals surface area contributed by atoms with Crippen molar-refractivity contribution in [1.29, 1.82) is 0 Å². The number of nitrogens with one attached hydrogen (secondary N) is 1. The van der Waals surface area contributed by atoms with Crippen molar-refractivity contribution in [3.63, 3.8) is 0 Å². The van der Waals surface area contributed by atoms with Gasteiger partial charge in [0.05, 0.1) is 12.2 Å². The van der Waals surface area contributed by atoms with Gasteiger partial charge in [-0.3, -0.25) is 9.67 Å². The molecular formula is C13H14N6O. The summed E-state index contributed by atoms with van der Waals surface area (Å²) >= 11 is 0. The van der Waals surface area contributed by atoms with Gasteiger partial charge >= 0.3 is 6.01 Å². The first-order valence-electron chi connectivity index (χ1n) is 6.35. The maximum atomic E-state index is 5.55. The van der Waals surface area contributed by atoms with Crippen molar-refractivity contribution < 1.29 is 4.42 Å². The Balaban J connectivity index is 1.69. The summed E-state index contributed by atoms with van der Waals surface area (Å²) < 4.78 is 7.46. The number of hydrogen-bond acceptors (Lipinski definition) is 6. The van der Waals surface area contributed by atoms with Gasteiger partial charge in [-0.15, -0.1) is 5.10 Å². The number of hydrogen-bond donors (Lipinski definition) is 1. The molecule has 0 bridgehead atoms. The zero-order valence-corrected chi connectivity index (χ0v) is 11.0. The van der Waals surface area contributed by atoms with Gasteiger partial charge in [-0.25, -0.2) is 0 Å². The van der Waals surface area contributed by atoms with E-state index in [-0.39, 0.29) is 0 Å². The van der Waals surface area contributed by atoms with Gasteiger partial charge in [-0.05, 0) is 25.1 Å². The molecule has 0 aliphatic rings. The van der Waals surface area contributed by atoms with Crippen molar-refractivity contribution in [2.45, 2.75) is 20.0 Å². The minimum atomic E-state index is 0.390. The topological polar surface area (TPSA) is 81.7 Å². The van der Waals surface area contributed by atoms with E-state index in [2.05, 4.69) is 25.6 Å². The fourth-order valence-electron chi connectivity index (χ4n) is 1.87. The molecule has 102 valence electrons. The summed E-state index contributed by atoms with van der Waals surface area (Å²) in [5.74, 6) is 0.471. The molecule has 20 heavy (non-hydrogen) atoms. The van der Waals surface area contributed by atoms with Gasteiger partial charge in [-0.2, -0.15) is 5.10 Å². The Labute approximate surface area is 115 Å². The van der Waals surface area contributed by atoms with Crippen LogP contribution in [0, 0.1) is 0 Å². The lowest BCUT2D eigenvalue weighted by Crippen LogP contribution is -2.07. The molecule has 1 N–H and O–H groups in total. The van der Waals surface area contributed by atoms with Gasteiger partial charge in [0.2, 0.25) is 5.89 Å². The summed E-state index contributed by atoms with van der Waals surface area (Å²) in [6.45, 7) is 3.46. The normalized spacial score (nSPS) is 10.7. The van der Waals surface area contributed by atoms with Crippen molar-refractivity contribution in [1.82, 2.24) is 25.0 Å². The van der Waals surface area contributed by atoms with Crippen LogP contribution >= 0.6 is 0 Å². The molecule has 0 atom stereocenters. The highest BCUT2D eigenvalue weighted by atomic mass is 16.4. The molecule has 3 aromatic heterocycles. The van der Waals surface area contributed by atoms with Crippen LogP contribution in [0.25, 0.3) is 11.5 Å². The molecule has 0 aliphatic carbocycles. The van der Waals surface area contributed by atoms with Crippen LogP contribution in [0.5, 0.6) is 0 Å². The van der Waals surface area contributed by atoms with Crippen molar-refractivity contribution in [2.75, 3.05) is 5.32 Å². The van der Waals surface area contributed by atoms with Crippen LogP contribution in [-0.4, -0.2) is 25.0 Å². The monoisotopic (exact) mass is 270 g/mol. The van der Waals surface area contributed by atoms with E-state index in [0.717, 1.165) is 17.8 Å². The third-order valence-electron chi connectivity index (χ3n) is 2.88. The molecule has 0 radical (unpaired) electrons. The van der Waals surface area contributed by atoms with Crippen LogP contribution in [0.3, 0.4) is 0 Å². The fourth-order valence-corrected chi connectivity index (χ4v) is 1.87. The van der Waals surface area contributed by atoms with Crippen LogP contribution < -0.4 is 5.32 Å². The third-order valence-corrected chi connectivity index (χ3v) is 2.88. The minimum absolute atomic E-state index is 0.390. The first kappa shape index (κ1) is 12.3. The van der Waals surface area contributed by atoms with E-state index >= 15 is 0 Å². The second-order valence-electron chi connectivity index (χ2n) is 4.14. The van der Waals surface area contributed by atoms with E-state index < -0.39 is 0 Å². The van der Waals surface area contributed by atoms with E-state index in [0.29, 0.717) is 18.5 Å². The molecule has 0 fully saturated rings. The van der Waals surface area contributed by atoms with Gasteiger partial charge < -0.3 is 9.73 Å². The average Bonchev–Trinajstić information content (AvgIpc) is 3.15. The van der Waals surface area contributed by atoms with Crippen LogP contribution in [0.4, 0.5) is 6.01 Å². The Hall–Kier alpha value is -2.70. The standard InChI is InChI=1S/C13H14N6O/c1-2-19-11(5-8-16-19)9-15-13-18-17-12(20-13)10-3-6-14-7-4-10/h3-8H,2,9H2,1H3,(H,15,18). The number of aromatic nitrogens is 5. The largest absolute Gasteiger partial charge is 0.403 e. The Morgan fingerprint density at radius 2 is 2.00 bits per heavy atom. The van der Waals surface area contributed by atoms with Crippen LogP contribution in [-0.2, 0) is 13.1 Å². The lowest BCUT2D eigenvalue weighted by Gasteiger charge is -2.04. The molecule has 0 amide bonds. The highest BCUT2D eigenvalue weighted by molar-refractivity contribution is 5.51. The molecule has 7 nitrogen and oxygen atoms in total. The lowest BCUT2D eigenvalue weighted by molar-refractivity contribution is 0.574. The van der Waals surface area contributed by atoms with Gasteiger partial charge in [-0.1, -0.05) is 5.10 Å². The van der Waals surface area contributed by atoms with Gasteiger partial charge in [0.1, 0.15) is 0 Å². The highest BCUT2D eigenvalue weighted by Gasteiger charge is 2.08. The number of nitrogens with zero attached hydrogens (tertiary/aromatic N) is 5. The average molecular weight is 270 g/mol. The number of anilines is 1. The molecule has 3 aromatic rings. The van der Waals surface area contributed by atoms with Crippen molar-refractivity contribution >= 4 is 6.01 Å². The molecule has 0 unspecified atom stereocenters. The molecule has 0 aliphatic heterocycles. The number of pyridine rings is 1. The van der Waals surface area contributed by atoms with E-state index in [1.165, 1.54) is 0 Å². The Bertz CT molecular complexity index is 675. The molecule has 7 heteroatoms. The molecule has 3 rings (SSSR count). The summed E-state index contributed by atoms with van der Waals surface area (Å²) in [4.78, 5) is 3.95. The summed E-state index contributed by atoms with van der Waals surface area (Å²) in [7, 11) is 0. The number of aryl methyl sites for hydroxylation is 1. The van der Waals surface area contributed by atoms with Crippen molar-refractivity contribution in [3.05, 3.63) is 42.5 Å². The van der Waals surface area contributed by atoms with E-state index in [9.17, 15) is 0 Å². The molecule has 0 aromatic carbocycles. The van der Waals surface area contributed by atoms with Crippen LogP contribution in [0.1, 0.15) is 12.6 Å². The van der Waals surface area contributed by atoms with Gasteiger partial charge in [0.25, 0.3) is 0 Å². The minimum Gasteiger partial charge on any atom is -0.403 e. The first-order valence-corrected chi connectivity index (χ1v) is 6.35. The van der Waals surface area contributed by atoms with Crippen LogP contribution in [0.15, 0.2) is 41.2 Å². The second-order valence-corrected chi connectivity index (χ2v) is 4.14. The molecule has 0 saturated heterocycles. The summed E-state index contributed by atoms with van der Waals surface area (Å²) in [6, 6.07) is 5.99. The van der Waals surface area contributed by atoms with Gasteiger partial charge in [0.15, 0.2) is 0 Å². The Morgan fingerprint density at radius 3 is 2.80 bits per heavy atom. The second kappa shape index (κ2) is 5.52. The highest BCUT2D eigenvalue weighted by Crippen LogP contribution is 2.18. The fraction of sp³-hybridized carbons (Fsp3) is 0.231. The summed E-state index contributed by atoms with van der Waals surface area (Å²) in [5, 5.41) is 15.3. The van der Waals surface area contributed by atoms with Crippen molar-refractivity contribution in [2.24, 2.45) is 0 Å². The Kier molecular flexibility index (Phi) is 3.40. The van der Waals surface area contributed by atoms with Gasteiger partial charge in [0, 0.05) is 30.7 Å². The molecule has 0 spiro atoms. The number of rotatable bonds is 5. The SMILES string of the molecule is CCn1nccc1CNc1nnc(-c2ccncc2)o1. The third kappa shape index (κ3) is 2.51. The molecule has 0 saturated carbocycles. The molecular weight excluding hydrogens is 256 g/mol. The van der Waals surface area contributed by atoms with E-state index in [1.807, 2.05) is 29.8 Å². The van der Waals surface area contributed by atoms with Crippen molar-refractivity contribution in [3.8, 4) is 11.5 Å². The first-order chi connectivity index (χ1) is 9.86. The lowest BCUT2D eigenvalue weighted by atomic mass is 10.3. The van der Waals surface area contributed by atoms with E-state index in [4.69, 9.17) is 4.42 Å². The Morgan fingerprint density at radius 1 is 1.15 bits per heavy atom.